The van der Waals surface area contributed by atoms with Crippen LogP contribution in [-0.2, 0) is 0 Å². The zero-order chi connectivity index (χ0) is 9.97. The van der Waals surface area contributed by atoms with Crippen molar-refractivity contribution in [1.82, 2.24) is 14.8 Å². The van der Waals surface area contributed by atoms with Crippen molar-refractivity contribution in [3.8, 4) is 0 Å². The van der Waals surface area contributed by atoms with Crippen molar-refractivity contribution in [2.75, 3.05) is 0 Å². The molecule has 0 bridgehead atoms. The molecule has 72 valence electrons. The Labute approximate surface area is 81.2 Å². The Bertz CT molecular complexity index is 458. The van der Waals surface area contributed by atoms with Crippen molar-refractivity contribution in [3.63, 3.8) is 0 Å². The maximum atomic E-state index is 11.5. The first-order chi connectivity index (χ1) is 6.79. The highest BCUT2D eigenvalue weighted by Crippen LogP contribution is 2.11. The van der Waals surface area contributed by atoms with E-state index in [0.717, 1.165) is 5.56 Å². The Morgan fingerprint density at radius 1 is 1.50 bits per heavy atom. The largest absolute Gasteiger partial charge is 0.329 e. The number of aromatic amines is 1. The van der Waals surface area contributed by atoms with Crippen molar-refractivity contribution in [1.29, 1.82) is 0 Å². The molecule has 0 aliphatic carbocycles. The van der Waals surface area contributed by atoms with Crippen molar-refractivity contribution < 1.29 is 0 Å². The molecule has 2 rings (SSSR count). The summed E-state index contributed by atoms with van der Waals surface area (Å²) in [4.78, 5) is 14.1. The quantitative estimate of drug-likeness (QED) is 0.771. The lowest BCUT2D eigenvalue weighted by Crippen LogP contribution is -2.18. The molecule has 4 heteroatoms. The van der Waals surface area contributed by atoms with Gasteiger partial charge in [0.15, 0.2) is 0 Å². The topological polar surface area (TPSA) is 50.7 Å². The second kappa shape index (κ2) is 3.49. The van der Waals surface area contributed by atoms with Crippen LogP contribution >= 0.6 is 0 Å². The van der Waals surface area contributed by atoms with Gasteiger partial charge in [0, 0.05) is 24.2 Å². The number of aromatic nitrogens is 3. The molecule has 1 unspecified atom stereocenters. The number of hydrogen-bond acceptors (Lipinski definition) is 2. The number of rotatable bonds is 2. The van der Waals surface area contributed by atoms with Crippen LogP contribution in [0.5, 0.6) is 0 Å². The zero-order valence-electron chi connectivity index (χ0n) is 7.84. The number of H-pyrrole nitrogens is 1. The van der Waals surface area contributed by atoms with E-state index >= 15 is 0 Å². The van der Waals surface area contributed by atoms with Crippen molar-refractivity contribution in [3.05, 3.63) is 52.7 Å². The van der Waals surface area contributed by atoms with Gasteiger partial charge in [0.05, 0.1) is 6.04 Å². The smallest absolute Gasteiger partial charge is 0.253 e. The summed E-state index contributed by atoms with van der Waals surface area (Å²) in [5.41, 5.74) is 0.659. The summed E-state index contributed by atoms with van der Waals surface area (Å²) in [5.74, 6) is 0. The van der Waals surface area contributed by atoms with Gasteiger partial charge in [-0.05, 0) is 25.1 Å². The highest BCUT2D eigenvalue weighted by molar-refractivity contribution is 5.14. The summed E-state index contributed by atoms with van der Waals surface area (Å²) < 4.78 is 1.75. The van der Waals surface area contributed by atoms with Crippen molar-refractivity contribution >= 4 is 0 Å². The summed E-state index contributed by atoms with van der Waals surface area (Å²) in [6.45, 7) is 1.94. The van der Waals surface area contributed by atoms with Gasteiger partial charge in [-0.25, -0.2) is 0 Å². The summed E-state index contributed by atoms with van der Waals surface area (Å²) >= 11 is 0. The van der Waals surface area contributed by atoms with Gasteiger partial charge in [-0.15, -0.1) is 0 Å². The molecule has 2 aromatic heterocycles. The lowest BCUT2D eigenvalue weighted by atomic mass is 10.1. The fourth-order valence-electron chi connectivity index (χ4n) is 1.42. The molecule has 1 atom stereocenters. The monoisotopic (exact) mass is 189 g/mol. The molecular weight excluding hydrogens is 178 g/mol. The summed E-state index contributed by atoms with van der Waals surface area (Å²) in [6.07, 6.45) is 5.17. The third-order valence-electron chi connectivity index (χ3n) is 2.22. The molecule has 0 saturated heterocycles. The van der Waals surface area contributed by atoms with Gasteiger partial charge < -0.3 is 4.98 Å². The molecule has 1 N–H and O–H groups in total. The number of nitrogens with one attached hydrogen (secondary N) is 1. The second-order valence-electron chi connectivity index (χ2n) is 3.12. The van der Waals surface area contributed by atoms with E-state index in [9.17, 15) is 4.79 Å². The fourth-order valence-corrected chi connectivity index (χ4v) is 1.42. The lowest BCUT2D eigenvalue weighted by molar-refractivity contribution is 0.559. The van der Waals surface area contributed by atoms with Gasteiger partial charge in [-0.1, -0.05) is 0 Å². The predicted molar refractivity (Wildman–Crippen MR) is 53.1 cm³/mol. The minimum atomic E-state index is -0.0597. The molecule has 2 aromatic rings. The van der Waals surface area contributed by atoms with Crippen molar-refractivity contribution in [2.24, 2.45) is 0 Å². The molecule has 0 fully saturated rings. The van der Waals surface area contributed by atoms with Crippen LogP contribution in [0.4, 0.5) is 0 Å². The number of hydrogen-bond donors (Lipinski definition) is 1. The third kappa shape index (κ3) is 1.46. The van der Waals surface area contributed by atoms with E-state index in [-0.39, 0.29) is 11.6 Å². The van der Waals surface area contributed by atoms with Gasteiger partial charge in [-0.2, -0.15) is 5.10 Å². The van der Waals surface area contributed by atoms with Crippen LogP contribution in [-0.4, -0.2) is 14.8 Å². The molecule has 0 spiro atoms. The summed E-state index contributed by atoms with van der Waals surface area (Å²) in [7, 11) is 0. The fraction of sp³-hybridized carbons (Fsp3) is 0.200. The van der Waals surface area contributed by atoms with Crippen LogP contribution in [0.3, 0.4) is 0 Å². The first-order valence-corrected chi connectivity index (χ1v) is 4.46. The Kier molecular flexibility index (Phi) is 2.18. The van der Waals surface area contributed by atoms with Gasteiger partial charge in [0.1, 0.15) is 0 Å². The average Bonchev–Trinajstić information content (AvgIpc) is 2.70. The molecule has 14 heavy (non-hydrogen) atoms. The van der Waals surface area contributed by atoms with Crippen LogP contribution in [0.25, 0.3) is 0 Å². The zero-order valence-corrected chi connectivity index (χ0v) is 7.84. The molecule has 0 aliphatic rings. The van der Waals surface area contributed by atoms with Crippen LogP contribution in [0.2, 0.25) is 0 Å². The van der Waals surface area contributed by atoms with Gasteiger partial charge >= 0.3 is 0 Å². The van der Waals surface area contributed by atoms with E-state index < -0.39 is 0 Å². The van der Waals surface area contributed by atoms with Gasteiger partial charge in [-0.3, -0.25) is 9.48 Å². The number of pyridine rings is 1. The van der Waals surface area contributed by atoms with E-state index in [0.29, 0.717) is 0 Å². The van der Waals surface area contributed by atoms with Gasteiger partial charge in [0.2, 0.25) is 0 Å². The molecule has 0 amide bonds. The SMILES string of the molecule is CC(c1ccc[nH]c1=O)n1cccn1. The molecular formula is C10H11N3O. The van der Waals surface area contributed by atoms with E-state index in [4.69, 9.17) is 0 Å². The molecule has 0 aromatic carbocycles. The van der Waals surface area contributed by atoms with Crippen LogP contribution in [0, 0.1) is 0 Å². The van der Waals surface area contributed by atoms with E-state index in [1.54, 1.807) is 17.1 Å². The Hall–Kier alpha value is -1.84. The molecule has 0 saturated carbocycles. The molecule has 0 radical (unpaired) electrons. The normalized spacial score (nSPS) is 12.6. The van der Waals surface area contributed by atoms with E-state index in [2.05, 4.69) is 10.1 Å². The molecule has 2 heterocycles. The first kappa shape index (κ1) is 8.74. The van der Waals surface area contributed by atoms with Crippen LogP contribution in [0.15, 0.2) is 41.6 Å². The minimum absolute atomic E-state index is 0.0325. The maximum absolute atomic E-state index is 11.5. The lowest BCUT2D eigenvalue weighted by Gasteiger charge is -2.10. The second-order valence-corrected chi connectivity index (χ2v) is 3.12. The Morgan fingerprint density at radius 3 is 3.00 bits per heavy atom. The highest BCUT2D eigenvalue weighted by atomic mass is 16.1. The maximum Gasteiger partial charge on any atom is 0.253 e. The highest BCUT2D eigenvalue weighted by Gasteiger charge is 2.10. The first-order valence-electron chi connectivity index (χ1n) is 4.46. The minimum Gasteiger partial charge on any atom is -0.329 e. The Balaban J connectivity index is 2.42. The summed E-state index contributed by atoms with van der Waals surface area (Å²) in [5, 5.41) is 4.10. The van der Waals surface area contributed by atoms with Crippen molar-refractivity contribution in [2.45, 2.75) is 13.0 Å². The van der Waals surface area contributed by atoms with E-state index in [1.807, 2.05) is 31.3 Å². The third-order valence-corrected chi connectivity index (χ3v) is 2.22. The predicted octanol–water partition coefficient (Wildman–Crippen LogP) is 1.18. The van der Waals surface area contributed by atoms with Gasteiger partial charge in [0.25, 0.3) is 5.56 Å². The Morgan fingerprint density at radius 2 is 2.36 bits per heavy atom. The average molecular weight is 189 g/mol. The summed E-state index contributed by atoms with van der Waals surface area (Å²) in [6, 6.07) is 5.44. The standard InChI is InChI=1S/C10H11N3O/c1-8(13-7-3-6-12-13)9-4-2-5-11-10(9)14/h2-8H,1H3,(H,11,14). The van der Waals surface area contributed by atoms with Crippen LogP contribution in [0.1, 0.15) is 18.5 Å². The molecule has 0 aliphatic heterocycles. The molecule has 4 nitrogen and oxygen atoms in total. The van der Waals surface area contributed by atoms with E-state index in [1.165, 1.54) is 0 Å². The van der Waals surface area contributed by atoms with Crippen LogP contribution < -0.4 is 5.56 Å². The number of nitrogens with zero attached hydrogens (tertiary/aromatic N) is 2.